The van der Waals surface area contributed by atoms with E-state index >= 15 is 0 Å². The quantitative estimate of drug-likeness (QED) is 0.866. The molecule has 7 heteroatoms. The summed E-state index contributed by atoms with van der Waals surface area (Å²) in [5, 5.41) is 3.27. The Kier molecular flexibility index (Phi) is 5.54. The summed E-state index contributed by atoms with van der Waals surface area (Å²) in [6.07, 6.45) is 2.53. The van der Waals surface area contributed by atoms with Crippen molar-refractivity contribution in [3.63, 3.8) is 0 Å². The lowest BCUT2D eigenvalue weighted by Crippen LogP contribution is -2.32. The number of hydrogen-bond acceptors (Lipinski definition) is 4. The Morgan fingerprint density at radius 1 is 1.40 bits per heavy atom. The molecule has 5 nitrogen and oxygen atoms in total. The fourth-order valence-corrected chi connectivity index (χ4v) is 4.60. The number of rotatable bonds is 5. The zero-order chi connectivity index (χ0) is 14.6. The van der Waals surface area contributed by atoms with Gasteiger partial charge in [0.25, 0.3) is 0 Å². The first-order chi connectivity index (χ1) is 9.50. The van der Waals surface area contributed by atoms with Gasteiger partial charge in [-0.05, 0) is 18.2 Å². The van der Waals surface area contributed by atoms with E-state index in [2.05, 4.69) is 24.1 Å². The highest BCUT2D eigenvalue weighted by molar-refractivity contribution is 7.99. The fourth-order valence-electron chi connectivity index (χ4n) is 2.10. The van der Waals surface area contributed by atoms with Gasteiger partial charge in [-0.3, -0.25) is 0 Å². The summed E-state index contributed by atoms with van der Waals surface area (Å²) in [5.41, 5.74) is 0.904. The van der Waals surface area contributed by atoms with Gasteiger partial charge < -0.3 is 10.3 Å². The average Bonchev–Trinajstić information content (AvgIpc) is 2.70. The predicted molar refractivity (Wildman–Crippen MR) is 83.5 cm³/mol. The maximum absolute atomic E-state index is 12.6. The molecule has 1 saturated heterocycles. The first-order valence-electron chi connectivity index (χ1n) is 6.99. The maximum atomic E-state index is 12.6. The van der Waals surface area contributed by atoms with Crippen molar-refractivity contribution < 1.29 is 8.42 Å². The van der Waals surface area contributed by atoms with Gasteiger partial charge in [0.1, 0.15) is 0 Å². The van der Waals surface area contributed by atoms with Gasteiger partial charge >= 0.3 is 0 Å². The van der Waals surface area contributed by atoms with E-state index in [1.807, 2.05) is 11.8 Å². The molecule has 0 saturated carbocycles. The molecule has 2 N–H and O–H groups in total. The first kappa shape index (κ1) is 15.9. The molecule has 1 aromatic heterocycles. The standard InChI is InChI=1S/C13H23N3O2S2/c1-11(2)14-9-12-8-13(10-15-12)20(17,18)16-4-3-6-19-7-5-16/h8,10-11,14-15H,3-7,9H2,1-2H3. The summed E-state index contributed by atoms with van der Waals surface area (Å²) in [6.45, 7) is 6.02. The minimum Gasteiger partial charge on any atom is -0.363 e. The molecule has 0 atom stereocenters. The Morgan fingerprint density at radius 3 is 2.95 bits per heavy atom. The van der Waals surface area contributed by atoms with Crippen LogP contribution >= 0.6 is 11.8 Å². The SMILES string of the molecule is CC(C)NCc1cc(S(=O)(=O)N2CCCSCC2)c[nH]1. The van der Waals surface area contributed by atoms with Crippen molar-refractivity contribution in [2.24, 2.45) is 0 Å². The van der Waals surface area contributed by atoms with Crippen molar-refractivity contribution in [1.29, 1.82) is 0 Å². The van der Waals surface area contributed by atoms with Gasteiger partial charge in [0.15, 0.2) is 0 Å². The molecule has 0 spiro atoms. The van der Waals surface area contributed by atoms with E-state index in [9.17, 15) is 8.42 Å². The summed E-state index contributed by atoms with van der Waals surface area (Å²) < 4.78 is 26.7. The highest BCUT2D eigenvalue weighted by atomic mass is 32.2. The van der Waals surface area contributed by atoms with Gasteiger partial charge in [0.05, 0.1) is 4.90 Å². The molecule has 0 aliphatic carbocycles. The van der Waals surface area contributed by atoms with Crippen LogP contribution < -0.4 is 5.32 Å². The van der Waals surface area contributed by atoms with E-state index in [0.717, 1.165) is 23.6 Å². The third-order valence-electron chi connectivity index (χ3n) is 3.24. The van der Waals surface area contributed by atoms with Gasteiger partial charge in [-0.2, -0.15) is 16.1 Å². The van der Waals surface area contributed by atoms with E-state index in [1.54, 1.807) is 16.6 Å². The molecule has 20 heavy (non-hydrogen) atoms. The van der Waals surface area contributed by atoms with E-state index in [4.69, 9.17) is 0 Å². The molecule has 114 valence electrons. The van der Waals surface area contributed by atoms with Crippen molar-refractivity contribution in [1.82, 2.24) is 14.6 Å². The van der Waals surface area contributed by atoms with Crippen molar-refractivity contribution in [2.75, 3.05) is 24.6 Å². The van der Waals surface area contributed by atoms with Crippen LogP contribution in [-0.4, -0.2) is 48.3 Å². The van der Waals surface area contributed by atoms with Crippen molar-refractivity contribution in [3.05, 3.63) is 18.0 Å². The number of H-pyrrole nitrogens is 1. The first-order valence-corrected chi connectivity index (χ1v) is 9.58. The number of aromatic nitrogens is 1. The van der Waals surface area contributed by atoms with Crippen LogP contribution in [0.3, 0.4) is 0 Å². The minimum atomic E-state index is -3.34. The van der Waals surface area contributed by atoms with Crippen LogP contribution in [-0.2, 0) is 16.6 Å². The molecule has 1 aliphatic rings. The second-order valence-corrected chi connectivity index (χ2v) is 8.43. The van der Waals surface area contributed by atoms with Gasteiger partial charge in [0.2, 0.25) is 10.0 Å². The molecule has 1 aliphatic heterocycles. The monoisotopic (exact) mass is 317 g/mol. The van der Waals surface area contributed by atoms with Crippen molar-refractivity contribution in [2.45, 2.75) is 37.8 Å². The fraction of sp³-hybridized carbons (Fsp3) is 0.692. The molecule has 1 fully saturated rings. The van der Waals surface area contributed by atoms with Gasteiger partial charge in [0, 0.05) is 43.3 Å². The molecule has 0 unspecified atom stereocenters. The molecule has 0 amide bonds. The van der Waals surface area contributed by atoms with E-state index in [-0.39, 0.29) is 0 Å². The molecule has 0 aromatic carbocycles. The molecule has 2 rings (SSSR count). The Labute approximate surface area is 125 Å². The number of thioether (sulfide) groups is 1. The van der Waals surface area contributed by atoms with E-state index in [1.165, 1.54) is 0 Å². The lowest BCUT2D eigenvalue weighted by molar-refractivity contribution is 0.435. The maximum Gasteiger partial charge on any atom is 0.244 e. The smallest absolute Gasteiger partial charge is 0.244 e. The van der Waals surface area contributed by atoms with E-state index in [0.29, 0.717) is 30.6 Å². The Morgan fingerprint density at radius 2 is 2.20 bits per heavy atom. The van der Waals surface area contributed by atoms with Gasteiger partial charge in [-0.15, -0.1) is 0 Å². The second kappa shape index (κ2) is 6.98. The Hall–Kier alpha value is -0.500. The summed E-state index contributed by atoms with van der Waals surface area (Å²) in [7, 11) is -3.34. The van der Waals surface area contributed by atoms with Crippen molar-refractivity contribution in [3.8, 4) is 0 Å². The summed E-state index contributed by atoms with van der Waals surface area (Å²) >= 11 is 1.82. The number of nitrogens with zero attached hydrogens (tertiary/aromatic N) is 1. The number of hydrogen-bond donors (Lipinski definition) is 2. The molecule has 0 bridgehead atoms. The number of nitrogens with one attached hydrogen (secondary N) is 2. The zero-order valence-corrected chi connectivity index (χ0v) is 13.7. The van der Waals surface area contributed by atoms with Crippen LogP contribution in [0.25, 0.3) is 0 Å². The number of aromatic amines is 1. The topological polar surface area (TPSA) is 65.2 Å². The van der Waals surface area contributed by atoms with Gasteiger partial charge in [-0.1, -0.05) is 13.8 Å². The third kappa shape index (κ3) is 4.00. The highest BCUT2D eigenvalue weighted by Gasteiger charge is 2.26. The molecule has 0 radical (unpaired) electrons. The zero-order valence-electron chi connectivity index (χ0n) is 12.1. The van der Waals surface area contributed by atoms with Crippen LogP contribution in [0.5, 0.6) is 0 Å². The third-order valence-corrected chi connectivity index (χ3v) is 6.16. The summed E-state index contributed by atoms with van der Waals surface area (Å²) in [6, 6.07) is 2.11. The normalized spacial score (nSPS) is 18.4. The van der Waals surface area contributed by atoms with Crippen LogP contribution in [0.4, 0.5) is 0 Å². The Bertz CT molecular complexity index is 517. The summed E-state index contributed by atoms with van der Waals surface area (Å²) in [4.78, 5) is 3.43. The lowest BCUT2D eigenvalue weighted by Gasteiger charge is -2.18. The van der Waals surface area contributed by atoms with Gasteiger partial charge in [-0.25, -0.2) is 8.42 Å². The van der Waals surface area contributed by atoms with Crippen LogP contribution in [0.15, 0.2) is 17.2 Å². The molecular weight excluding hydrogens is 294 g/mol. The average molecular weight is 317 g/mol. The van der Waals surface area contributed by atoms with Crippen molar-refractivity contribution >= 4 is 21.8 Å². The molecule has 1 aromatic rings. The number of sulfonamides is 1. The van der Waals surface area contributed by atoms with Crippen LogP contribution in [0.2, 0.25) is 0 Å². The van der Waals surface area contributed by atoms with Crippen LogP contribution in [0, 0.1) is 0 Å². The molecule has 2 heterocycles. The van der Waals surface area contributed by atoms with Crippen LogP contribution in [0.1, 0.15) is 26.0 Å². The Balaban J connectivity index is 2.08. The molecular formula is C13H23N3O2S2. The largest absolute Gasteiger partial charge is 0.363 e. The minimum absolute atomic E-state index is 0.376. The second-order valence-electron chi connectivity index (χ2n) is 5.27. The highest BCUT2D eigenvalue weighted by Crippen LogP contribution is 2.20. The predicted octanol–water partition coefficient (Wildman–Crippen LogP) is 1.64. The van der Waals surface area contributed by atoms with E-state index < -0.39 is 10.0 Å². The summed E-state index contributed by atoms with van der Waals surface area (Å²) in [5.74, 6) is 1.92. The lowest BCUT2D eigenvalue weighted by atomic mass is 10.3.